The highest BCUT2D eigenvalue weighted by atomic mass is 16.6. The number of esters is 1. The quantitative estimate of drug-likeness (QED) is 0.312. The first kappa shape index (κ1) is 21.7. The van der Waals surface area contributed by atoms with Crippen molar-refractivity contribution in [1.29, 1.82) is 0 Å². The summed E-state index contributed by atoms with van der Waals surface area (Å²) in [5, 5.41) is 0. The maximum atomic E-state index is 12.7. The molecule has 1 saturated heterocycles. The minimum absolute atomic E-state index is 0.102. The molecule has 11 atom stereocenters. The summed E-state index contributed by atoms with van der Waals surface area (Å²) in [6, 6.07) is 0. The van der Waals surface area contributed by atoms with Crippen LogP contribution in [0.25, 0.3) is 0 Å². The summed E-state index contributed by atoms with van der Waals surface area (Å²) in [6.07, 6.45) is 13.4. The highest BCUT2D eigenvalue weighted by Crippen LogP contribution is 2.78. The van der Waals surface area contributed by atoms with Gasteiger partial charge in [-0.05, 0) is 129 Å². The van der Waals surface area contributed by atoms with Gasteiger partial charge in [0.05, 0.1) is 0 Å². The average molecular weight is 439 g/mol. The van der Waals surface area contributed by atoms with E-state index in [1.54, 1.807) is 0 Å². The first-order valence-corrected chi connectivity index (χ1v) is 13.8. The molecule has 1 aliphatic heterocycles. The summed E-state index contributed by atoms with van der Waals surface area (Å²) >= 11 is 0. The molecule has 1 heterocycles. The van der Waals surface area contributed by atoms with E-state index in [0.717, 1.165) is 30.1 Å². The third-order valence-corrected chi connectivity index (χ3v) is 13.8. The summed E-state index contributed by atoms with van der Waals surface area (Å²) in [4.78, 5) is 12.7. The Morgan fingerprint density at radius 1 is 0.844 bits per heavy atom. The summed E-state index contributed by atoms with van der Waals surface area (Å²) in [7, 11) is 0. The minimum Gasteiger partial charge on any atom is -0.461 e. The van der Waals surface area contributed by atoms with Crippen molar-refractivity contribution in [2.45, 2.75) is 112 Å². The van der Waals surface area contributed by atoms with Gasteiger partial charge in [0.25, 0.3) is 0 Å². The van der Waals surface area contributed by atoms with Crippen LogP contribution in [0.2, 0.25) is 0 Å². The molecule has 2 nitrogen and oxygen atoms in total. The van der Waals surface area contributed by atoms with Crippen molar-refractivity contribution in [3.8, 4) is 0 Å². The Morgan fingerprint density at radius 2 is 1.59 bits per heavy atom. The molecule has 178 valence electrons. The maximum Gasteiger partial charge on any atom is 0.316 e. The monoisotopic (exact) mass is 438 g/mol. The van der Waals surface area contributed by atoms with Gasteiger partial charge in [-0.15, -0.1) is 0 Å². The molecule has 6 fully saturated rings. The van der Waals surface area contributed by atoms with Crippen LogP contribution < -0.4 is 0 Å². The Balaban J connectivity index is 1.39. The zero-order chi connectivity index (χ0) is 22.9. The van der Waals surface area contributed by atoms with Crippen LogP contribution in [-0.2, 0) is 9.53 Å². The van der Waals surface area contributed by atoms with Crippen LogP contribution in [0, 0.1) is 56.7 Å². The normalized spacial score (nSPS) is 60.6. The number of carbonyl (C=O) groups excluding carboxylic acids is 1. The van der Waals surface area contributed by atoms with Gasteiger partial charge < -0.3 is 4.74 Å². The van der Waals surface area contributed by atoms with Crippen LogP contribution in [0.3, 0.4) is 0 Å². The molecule has 0 bridgehead atoms. The van der Waals surface area contributed by atoms with E-state index < -0.39 is 0 Å². The van der Waals surface area contributed by atoms with Crippen LogP contribution in [-0.4, -0.2) is 12.1 Å². The minimum atomic E-state index is -0.215. The largest absolute Gasteiger partial charge is 0.461 e. The van der Waals surface area contributed by atoms with Crippen molar-refractivity contribution >= 4 is 5.97 Å². The van der Waals surface area contributed by atoms with E-state index in [1.807, 2.05) is 0 Å². The summed E-state index contributed by atoms with van der Waals surface area (Å²) < 4.78 is 5.65. The smallest absolute Gasteiger partial charge is 0.316 e. The van der Waals surface area contributed by atoms with Gasteiger partial charge in [-0.2, -0.15) is 0 Å². The standard InChI is InChI=1S/C30H46O2/c1-18(2)19-10-13-26(3)16-17-28(5)20(24(19)26)8-9-21-27(4)14-12-23-30(7,25(31)32-23)22(27)11-15-29(21,28)6/h19-24H,1,8-17H2,2-7H3/t19-,20-,21+,22+,23-,24+,26+,27+,28+,29+,30+/m0/s1. The molecule has 0 spiro atoms. The Hall–Kier alpha value is -0.790. The predicted octanol–water partition coefficient (Wildman–Crippen LogP) is 7.57. The number of hydrogen-bond acceptors (Lipinski definition) is 2. The van der Waals surface area contributed by atoms with Crippen molar-refractivity contribution in [2.24, 2.45) is 56.7 Å². The highest BCUT2D eigenvalue weighted by molar-refractivity contribution is 5.83. The van der Waals surface area contributed by atoms with Gasteiger partial charge >= 0.3 is 5.97 Å². The van der Waals surface area contributed by atoms with Crippen LogP contribution in [0.4, 0.5) is 0 Å². The lowest BCUT2D eigenvalue weighted by atomic mass is 9.32. The lowest BCUT2D eigenvalue weighted by molar-refractivity contribution is -0.279. The number of rotatable bonds is 1. The van der Waals surface area contributed by atoms with Gasteiger partial charge in [-0.1, -0.05) is 39.8 Å². The number of allylic oxidation sites excluding steroid dienone is 1. The summed E-state index contributed by atoms with van der Waals surface area (Å²) in [5.41, 5.74) is 2.86. The van der Waals surface area contributed by atoms with Gasteiger partial charge in [-0.3, -0.25) is 4.79 Å². The molecule has 32 heavy (non-hydrogen) atoms. The average Bonchev–Trinajstić information content (AvgIpc) is 3.09. The number of fused-ring (bicyclic) bond motifs is 9. The van der Waals surface area contributed by atoms with Gasteiger partial charge in [0.1, 0.15) is 11.5 Å². The first-order valence-electron chi connectivity index (χ1n) is 13.8. The molecular weight excluding hydrogens is 392 g/mol. The Morgan fingerprint density at radius 3 is 2.28 bits per heavy atom. The van der Waals surface area contributed by atoms with E-state index in [4.69, 9.17) is 4.74 Å². The molecule has 5 saturated carbocycles. The zero-order valence-corrected chi connectivity index (χ0v) is 21.6. The second kappa shape index (κ2) is 6.25. The lowest BCUT2D eigenvalue weighted by Gasteiger charge is -2.73. The van der Waals surface area contributed by atoms with E-state index >= 15 is 0 Å². The molecular formula is C30H46O2. The molecule has 5 aliphatic carbocycles. The molecule has 0 N–H and O–H groups in total. The van der Waals surface area contributed by atoms with E-state index in [0.29, 0.717) is 22.2 Å². The Kier molecular flexibility index (Phi) is 4.24. The van der Waals surface area contributed by atoms with Crippen molar-refractivity contribution in [3.63, 3.8) is 0 Å². The second-order valence-corrected chi connectivity index (χ2v) is 14.6. The molecule has 2 heteroatoms. The van der Waals surface area contributed by atoms with Crippen LogP contribution in [0.1, 0.15) is 106 Å². The second-order valence-electron chi connectivity index (χ2n) is 14.6. The van der Waals surface area contributed by atoms with Crippen molar-refractivity contribution in [2.75, 3.05) is 0 Å². The number of carbonyl (C=O) groups is 1. The summed E-state index contributed by atoms with van der Waals surface area (Å²) in [6.45, 7) is 19.7. The molecule has 0 amide bonds. The zero-order valence-electron chi connectivity index (χ0n) is 21.6. The molecule has 6 rings (SSSR count). The Bertz CT molecular complexity index is 876. The first-order chi connectivity index (χ1) is 14.9. The fourth-order valence-corrected chi connectivity index (χ4v) is 11.8. The number of hydrogen-bond donors (Lipinski definition) is 0. The fraction of sp³-hybridized carbons (Fsp3) is 0.900. The van der Waals surface area contributed by atoms with Crippen molar-refractivity contribution < 1.29 is 9.53 Å². The predicted molar refractivity (Wildman–Crippen MR) is 129 cm³/mol. The Labute approximate surface area is 196 Å². The highest BCUT2D eigenvalue weighted by Gasteiger charge is 2.74. The van der Waals surface area contributed by atoms with Crippen molar-refractivity contribution in [3.05, 3.63) is 12.2 Å². The van der Waals surface area contributed by atoms with Crippen LogP contribution in [0.5, 0.6) is 0 Å². The van der Waals surface area contributed by atoms with Crippen LogP contribution >= 0.6 is 0 Å². The lowest BCUT2D eigenvalue weighted by Crippen LogP contribution is -2.71. The van der Waals surface area contributed by atoms with E-state index in [-0.39, 0.29) is 22.9 Å². The molecule has 0 aromatic rings. The van der Waals surface area contributed by atoms with E-state index in [2.05, 4.69) is 48.1 Å². The molecule has 0 aromatic carbocycles. The van der Waals surface area contributed by atoms with Crippen LogP contribution in [0.15, 0.2) is 12.2 Å². The fourth-order valence-electron chi connectivity index (χ4n) is 11.8. The SMILES string of the molecule is C=C(C)[C@@H]1CC[C@]2(C)CC[C@]3(C)[C@@H](CC[C@@H]4[C@@]5(C)CC[C@@H]6OC(=O)[C@]6(C)[C@@H]5CC[C@]43C)[C@@H]12. The maximum absolute atomic E-state index is 12.7. The molecule has 6 aliphatic rings. The van der Waals surface area contributed by atoms with Gasteiger partial charge in [-0.25, -0.2) is 0 Å². The van der Waals surface area contributed by atoms with Crippen molar-refractivity contribution in [1.82, 2.24) is 0 Å². The number of ether oxygens (including phenoxy) is 1. The van der Waals surface area contributed by atoms with Gasteiger partial charge in [0.15, 0.2) is 0 Å². The van der Waals surface area contributed by atoms with E-state index in [1.165, 1.54) is 63.4 Å². The van der Waals surface area contributed by atoms with Gasteiger partial charge in [0, 0.05) is 0 Å². The third kappa shape index (κ3) is 2.23. The van der Waals surface area contributed by atoms with Gasteiger partial charge in [0.2, 0.25) is 0 Å². The summed E-state index contributed by atoms with van der Waals surface area (Å²) in [5.74, 6) is 3.76. The topological polar surface area (TPSA) is 26.3 Å². The molecule has 0 radical (unpaired) electrons. The molecule has 0 aromatic heterocycles. The van der Waals surface area contributed by atoms with E-state index in [9.17, 15) is 4.79 Å². The third-order valence-electron chi connectivity index (χ3n) is 13.8. The molecule has 0 unspecified atom stereocenters.